The number of halogens is 2. The Morgan fingerprint density at radius 1 is 1.24 bits per heavy atom. The second-order valence-electron chi connectivity index (χ2n) is 5.24. The van der Waals surface area contributed by atoms with E-state index in [2.05, 4.69) is 50.6 Å². The Morgan fingerprint density at radius 2 is 2.12 bits per heavy atom. The van der Waals surface area contributed by atoms with Crippen molar-refractivity contribution in [2.75, 3.05) is 19.7 Å². The average molecular weight is 522 g/mol. The van der Waals surface area contributed by atoms with E-state index in [0.717, 1.165) is 35.7 Å². The lowest BCUT2D eigenvalue weighted by atomic mass is 10.2. The van der Waals surface area contributed by atoms with Crippen molar-refractivity contribution in [1.29, 1.82) is 0 Å². The van der Waals surface area contributed by atoms with Crippen LogP contribution in [0, 0.1) is 0 Å². The van der Waals surface area contributed by atoms with Gasteiger partial charge >= 0.3 is 0 Å². The van der Waals surface area contributed by atoms with E-state index in [-0.39, 0.29) is 24.0 Å². The Morgan fingerprint density at radius 3 is 2.84 bits per heavy atom. The van der Waals surface area contributed by atoms with Crippen LogP contribution in [-0.4, -0.2) is 25.7 Å². The molecule has 0 bridgehead atoms. The monoisotopic (exact) mass is 521 g/mol. The quantitative estimate of drug-likeness (QED) is 0.223. The first kappa shape index (κ1) is 22.0. The molecule has 0 aliphatic rings. The van der Waals surface area contributed by atoms with Crippen LogP contribution in [0.4, 0.5) is 0 Å². The number of hydrogen-bond acceptors (Lipinski definition) is 3. The molecule has 138 valence electrons. The highest BCUT2D eigenvalue weighted by Gasteiger charge is 1.99. The fraction of sp³-hybridized carbons (Fsp3) is 0.389. The summed E-state index contributed by atoms with van der Waals surface area (Å²) in [6.45, 7) is 5.54. The van der Waals surface area contributed by atoms with Gasteiger partial charge in [0.1, 0.15) is 12.4 Å². The third kappa shape index (κ3) is 9.27. The molecule has 7 heteroatoms. The van der Waals surface area contributed by atoms with Crippen LogP contribution in [0.5, 0.6) is 0 Å². The maximum atomic E-state index is 5.56. The summed E-state index contributed by atoms with van der Waals surface area (Å²) in [7, 11) is 0. The van der Waals surface area contributed by atoms with Gasteiger partial charge in [0.25, 0.3) is 0 Å². The van der Waals surface area contributed by atoms with Crippen molar-refractivity contribution >= 4 is 45.9 Å². The summed E-state index contributed by atoms with van der Waals surface area (Å²) in [6.07, 6.45) is 2.56. The summed E-state index contributed by atoms with van der Waals surface area (Å²) in [5.74, 6) is 1.68. The molecule has 0 saturated carbocycles. The minimum absolute atomic E-state index is 0. The maximum absolute atomic E-state index is 5.56. The van der Waals surface area contributed by atoms with Crippen LogP contribution < -0.4 is 10.6 Å². The fourth-order valence-corrected chi connectivity index (χ4v) is 2.54. The predicted molar refractivity (Wildman–Crippen MR) is 115 cm³/mol. The second-order valence-corrected chi connectivity index (χ2v) is 6.15. The van der Waals surface area contributed by atoms with E-state index in [1.165, 1.54) is 5.56 Å². The van der Waals surface area contributed by atoms with Gasteiger partial charge in [-0.3, -0.25) is 0 Å². The van der Waals surface area contributed by atoms with E-state index in [9.17, 15) is 0 Å². The molecular formula is C18H25BrIN3O2. The van der Waals surface area contributed by atoms with E-state index in [4.69, 9.17) is 9.15 Å². The number of aliphatic imine (C=N–C) groups is 1. The molecule has 0 aliphatic heterocycles. The lowest BCUT2D eigenvalue weighted by molar-refractivity contribution is 0.105. The van der Waals surface area contributed by atoms with Crippen LogP contribution in [0.3, 0.4) is 0 Å². The first-order valence-electron chi connectivity index (χ1n) is 8.14. The van der Waals surface area contributed by atoms with Crippen molar-refractivity contribution in [1.82, 2.24) is 10.6 Å². The van der Waals surface area contributed by atoms with Gasteiger partial charge in [-0.15, -0.1) is 24.0 Å². The summed E-state index contributed by atoms with van der Waals surface area (Å²) in [6, 6.07) is 12.0. The van der Waals surface area contributed by atoms with E-state index < -0.39 is 0 Å². The van der Waals surface area contributed by atoms with Crippen molar-refractivity contribution < 1.29 is 9.15 Å². The standard InChI is InChI=1S/C18H24BrN3O2.HI/c1-2-20-18(22-13-15-6-3-7-16(19)12-15)21-9-5-10-23-14-17-8-4-11-24-17;/h3-4,6-8,11-12H,2,5,9-10,13-14H2,1H3,(H2,20,21,22);1H. The van der Waals surface area contributed by atoms with Crippen molar-refractivity contribution in [2.45, 2.75) is 26.5 Å². The molecule has 2 N–H and O–H groups in total. The molecule has 0 amide bonds. The van der Waals surface area contributed by atoms with Crippen LogP contribution in [0.15, 0.2) is 56.5 Å². The molecule has 2 rings (SSSR count). The zero-order valence-electron chi connectivity index (χ0n) is 14.3. The Labute approximate surface area is 174 Å². The number of guanidine groups is 1. The van der Waals surface area contributed by atoms with Crippen LogP contribution in [-0.2, 0) is 17.9 Å². The van der Waals surface area contributed by atoms with Crippen molar-refractivity contribution in [3.05, 3.63) is 58.5 Å². The van der Waals surface area contributed by atoms with Crippen molar-refractivity contribution in [2.24, 2.45) is 4.99 Å². The van der Waals surface area contributed by atoms with E-state index in [1.807, 2.05) is 24.3 Å². The number of benzene rings is 1. The zero-order chi connectivity index (χ0) is 17.0. The van der Waals surface area contributed by atoms with Gasteiger partial charge in [0.05, 0.1) is 12.8 Å². The largest absolute Gasteiger partial charge is 0.467 e. The van der Waals surface area contributed by atoms with E-state index in [0.29, 0.717) is 19.8 Å². The average Bonchev–Trinajstić information content (AvgIpc) is 3.09. The molecule has 1 aromatic carbocycles. The normalized spacial score (nSPS) is 11.0. The molecule has 0 radical (unpaired) electrons. The SMILES string of the molecule is CCNC(=NCc1cccc(Br)c1)NCCCOCc1ccco1.I. The summed E-state index contributed by atoms with van der Waals surface area (Å²) >= 11 is 3.48. The van der Waals surface area contributed by atoms with E-state index in [1.54, 1.807) is 6.26 Å². The lowest BCUT2D eigenvalue weighted by Gasteiger charge is -2.11. The molecule has 1 heterocycles. The van der Waals surface area contributed by atoms with Gasteiger partial charge in [0, 0.05) is 24.2 Å². The van der Waals surface area contributed by atoms with Crippen LogP contribution in [0.25, 0.3) is 0 Å². The second kappa shape index (κ2) is 13.2. The highest BCUT2D eigenvalue weighted by Crippen LogP contribution is 2.12. The van der Waals surface area contributed by atoms with Crippen LogP contribution in [0.2, 0.25) is 0 Å². The number of furan rings is 1. The minimum Gasteiger partial charge on any atom is -0.467 e. The number of nitrogens with zero attached hydrogens (tertiary/aromatic N) is 1. The number of rotatable bonds is 9. The summed E-state index contributed by atoms with van der Waals surface area (Å²) < 4.78 is 11.9. The molecule has 5 nitrogen and oxygen atoms in total. The number of ether oxygens (including phenoxy) is 1. The molecule has 0 spiro atoms. The Hall–Kier alpha value is -1.06. The number of nitrogens with one attached hydrogen (secondary N) is 2. The summed E-state index contributed by atoms with van der Waals surface area (Å²) in [5.41, 5.74) is 1.17. The first-order valence-corrected chi connectivity index (χ1v) is 8.94. The van der Waals surface area contributed by atoms with Gasteiger partial charge < -0.3 is 19.8 Å². The highest BCUT2D eigenvalue weighted by atomic mass is 127. The molecule has 1 aromatic heterocycles. The maximum Gasteiger partial charge on any atom is 0.191 e. The Bertz CT molecular complexity index is 621. The molecule has 0 unspecified atom stereocenters. The van der Waals surface area contributed by atoms with Gasteiger partial charge in [-0.25, -0.2) is 4.99 Å². The topological polar surface area (TPSA) is 58.8 Å². The first-order chi connectivity index (χ1) is 11.8. The smallest absolute Gasteiger partial charge is 0.191 e. The van der Waals surface area contributed by atoms with Gasteiger partial charge in [-0.05, 0) is 43.2 Å². The third-order valence-corrected chi connectivity index (χ3v) is 3.73. The van der Waals surface area contributed by atoms with Gasteiger partial charge in [-0.1, -0.05) is 28.1 Å². The molecule has 0 atom stereocenters. The fourth-order valence-electron chi connectivity index (χ4n) is 2.10. The minimum atomic E-state index is 0. The molecule has 25 heavy (non-hydrogen) atoms. The van der Waals surface area contributed by atoms with Gasteiger partial charge in [-0.2, -0.15) is 0 Å². The van der Waals surface area contributed by atoms with Gasteiger partial charge in [0.15, 0.2) is 5.96 Å². The molecule has 0 saturated heterocycles. The Balaban J connectivity index is 0.00000312. The van der Waals surface area contributed by atoms with Crippen LogP contribution in [0.1, 0.15) is 24.7 Å². The van der Waals surface area contributed by atoms with Gasteiger partial charge in [0.2, 0.25) is 0 Å². The summed E-state index contributed by atoms with van der Waals surface area (Å²) in [5, 5.41) is 6.58. The zero-order valence-corrected chi connectivity index (χ0v) is 18.3. The van der Waals surface area contributed by atoms with Crippen molar-refractivity contribution in [3.63, 3.8) is 0 Å². The lowest BCUT2D eigenvalue weighted by Crippen LogP contribution is -2.38. The molecular weight excluding hydrogens is 497 g/mol. The third-order valence-electron chi connectivity index (χ3n) is 3.24. The summed E-state index contributed by atoms with van der Waals surface area (Å²) in [4.78, 5) is 4.60. The van der Waals surface area contributed by atoms with Crippen molar-refractivity contribution in [3.8, 4) is 0 Å². The highest BCUT2D eigenvalue weighted by molar-refractivity contribution is 14.0. The van der Waals surface area contributed by atoms with Crippen LogP contribution >= 0.6 is 39.9 Å². The number of hydrogen-bond donors (Lipinski definition) is 2. The molecule has 0 aliphatic carbocycles. The molecule has 2 aromatic rings. The predicted octanol–water partition coefficient (Wildman–Crippen LogP) is 4.32. The van der Waals surface area contributed by atoms with E-state index >= 15 is 0 Å². The Kier molecular flexibility index (Phi) is 11.6. The molecule has 0 fully saturated rings.